The van der Waals surface area contributed by atoms with Gasteiger partial charge in [-0.3, -0.25) is 9.36 Å². The van der Waals surface area contributed by atoms with Crippen molar-refractivity contribution in [3.63, 3.8) is 0 Å². The van der Waals surface area contributed by atoms with Crippen LogP contribution in [0.2, 0.25) is 5.02 Å². The molecule has 2 heterocycles. The van der Waals surface area contributed by atoms with E-state index in [9.17, 15) is 9.59 Å². The van der Waals surface area contributed by atoms with Gasteiger partial charge in [-0.1, -0.05) is 23.7 Å². The number of thiophene rings is 1. The Kier molecular flexibility index (Phi) is 3.95. The van der Waals surface area contributed by atoms with Crippen molar-refractivity contribution in [1.29, 1.82) is 0 Å². The zero-order valence-electron chi connectivity index (χ0n) is 12.4. The number of carbonyl (C=O) groups is 1. The van der Waals surface area contributed by atoms with Crippen LogP contribution in [0, 0.1) is 6.92 Å². The minimum Gasteiger partial charge on any atom is -0.480 e. The zero-order chi connectivity index (χ0) is 16.7. The summed E-state index contributed by atoms with van der Waals surface area (Å²) in [6, 6.07) is 6.23. The summed E-state index contributed by atoms with van der Waals surface area (Å²) in [5.41, 5.74) is 1.29. The Morgan fingerprint density at radius 1 is 1.35 bits per heavy atom. The smallest absolute Gasteiger partial charge is 0.326 e. The lowest BCUT2D eigenvalue weighted by Crippen LogP contribution is -2.28. The van der Waals surface area contributed by atoms with Crippen LogP contribution < -0.4 is 5.56 Å². The maximum atomic E-state index is 12.8. The molecule has 0 aliphatic rings. The minimum absolute atomic E-state index is 0.348. The summed E-state index contributed by atoms with van der Waals surface area (Å²) in [4.78, 5) is 29.8. The fourth-order valence-corrected chi connectivity index (χ4v) is 3.60. The van der Waals surface area contributed by atoms with Crippen LogP contribution in [0.25, 0.3) is 21.3 Å². The SMILES string of the molecule is Cc1sc2ncn([C@@H](C)C(=O)O)c(=O)c2c1-c1ccc(Cl)cc1. The number of carboxylic acids is 1. The van der Waals surface area contributed by atoms with Gasteiger partial charge in [0.2, 0.25) is 0 Å². The molecule has 0 aliphatic heterocycles. The van der Waals surface area contributed by atoms with E-state index in [2.05, 4.69) is 4.98 Å². The van der Waals surface area contributed by atoms with Gasteiger partial charge in [-0.25, -0.2) is 9.78 Å². The van der Waals surface area contributed by atoms with Gasteiger partial charge in [0.1, 0.15) is 10.9 Å². The summed E-state index contributed by atoms with van der Waals surface area (Å²) < 4.78 is 1.15. The molecule has 0 aliphatic carbocycles. The molecule has 0 saturated carbocycles. The second-order valence-corrected chi connectivity index (χ2v) is 6.83. The molecule has 3 aromatic rings. The predicted molar refractivity (Wildman–Crippen MR) is 91.4 cm³/mol. The van der Waals surface area contributed by atoms with Gasteiger partial charge < -0.3 is 5.11 Å². The molecule has 118 valence electrons. The van der Waals surface area contributed by atoms with E-state index >= 15 is 0 Å². The summed E-state index contributed by atoms with van der Waals surface area (Å²) in [6.07, 6.45) is 1.30. The minimum atomic E-state index is -1.08. The Bertz CT molecular complexity index is 960. The van der Waals surface area contributed by atoms with Crippen molar-refractivity contribution in [3.8, 4) is 11.1 Å². The van der Waals surface area contributed by atoms with Crippen LogP contribution in [0.3, 0.4) is 0 Å². The van der Waals surface area contributed by atoms with E-state index in [1.807, 2.05) is 19.1 Å². The quantitative estimate of drug-likeness (QED) is 0.782. The number of nitrogens with zero attached hydrogens (tertiary/aromatic N) is 2. The van der Waals surface area contributed by atoms with Crippen LogP contribution in [0.4, 0.5) is 0 Å². The third-order valence-corrected chi connectivity index (χ3v) is 4.99. The first kappa shape index (κ1) is 15.7. The van der Waals surface area contributed by atoms with Crippen molar-refractivity contribution < 1.29 is 9.90 Å². The Hall–Kier alpha value is -2.18. The fourth-order valence-electron chi connectivity index (χ4n) is 2.47. The summed E-state index contributed by atoms with van der Waals surface area (Å²) >= 11 is 7.34. The van der Waals surface area contributed by atoms with Crippen LogP contribution in [-0.2, 0) is 4.79 Å². The van der Waals surface area contributed by atoms with E-state index in [4.69, 9.17) is 16.7 Å². The molecule has 0 radical (unpaired) electrons. The van der Waals surface area contributed by atoms with E-state index in [-0.39, 0.29) is 5.56 Å². The third-order valence-electron chi connectivity index (χ3n) is 3.72. The molecule has 0 fully saturated rings. The van der Waals surface area contributed by atoms with Gasteiger partial charge in [0.15, 0.2) is 0 Å². The van der Waals surface area contributed by atoms with Crippen LogP contribution in [0.1, 0.15) is 17.8 Å². The highest BCUT2D eigenvalue weighted by Gasteiger charge is 2.21. The van der Waals surface area contributed by atoms with Gasteiger partial charge in [-0.05, 0) is 31.5 Å². The van der Waals surface area contributed by atoms with E-state index in [1.165, 1.54) is 24.6 Å². The Morgan fingerprint density at radius 2 is 2.00 bits per heavy atom. The average Bonchev–Trinajstić information content (AvgIpc) is 2.85. The Balaban J connectivity index is 2.32. The lowest BCUT2D eigenvalue weighted by Gasteiger charge is -2.10. The number of halogens is 1. The highest BCUT2D eigenvalue weighted by molar-refractivity contribution is 7.19. The summed E-state index contributed by atoms with van der Waals surface area (Å²) in [5.74, 6) is -1.08. The van der Waals surface area contributed by atoms with Gasteiger partial charge in [-0.2, -0.15) is 0 Å². The number of carboxylic acid groups (broad SMARTS) is 1. The zero-order valence-corrected chi connectivity index (χ0v) is 14.0. The van der Waals surface area contributed by atoms with Gasteiger partial charge >= 0.3 is 5.97 Å². The normalized spacial score (nSPS) is 12.5. The topological polar surface area (TPSA) is 72.2 Å². The van der Waals surface area contributed by atoms with Crippen molar-refractivity contribution in [3.05, 3.63) is 50.8 Å². The largest absolute Gasteiger partial charge is 0.480 e. The molecule has 1 atom stereocenters. The second-order valence-electron chi connectivity index (χ2n) is 5.19. The lowest BCUT2D eigenvalue weighted by molar-refractivity contribution is -0.140. The molecule has 5 nitrogen and oxygen atoms in total. The summed E-state index contributed by atoms with van der Waals surface area (Å²) in [7, 11) is 0. The molecule has 3 rings (SSSR count). The number of hydrogen-bond donors (Lipinski definition) is 1. The maximum Gasteiger partial charge on any atom is 0.326 e. The van der Waals surface area contributed by atoms with Crippen LogP contribution in [-0.4, -0.2) is 20.6 Å². The molecule has 0 amide bonds. The monoisotopic (exact) mass is 348 g/mol. The summed E-state index contributed by atoms with van der Waals surface area (Å²) in [5, 5.41) is 10.2. The molecule has 0 bridgehead atoms. The Morgan fingerprint density at radius 3 is 2.61 bits per heavy atom. The molecule has 1 N–H and O–H groups in total. The second kappa shape index (κ2) is 5.79. The molecular weight excluding hydrogens is 336 g/mol. The van der Waals surface area contributed by atoms with Gasteiger partial charge in [0, 0.05) is 15.5 Å². The van der Waals surface area contributed by atoms with Crippen molar-refractivity contribution >= 4 is 39.1 Å². The summed E-state index contributed by atoms with van der Waals surface area (Å²) in [6.45, 7) is 3.37. The standard InChI is InChI=1S/C16H13ClN2O3S/c1-8(16(21)22)19-7-18-14-13(15(19)20)12(9(2)23-14)10-3-5-11(17)6-4-10/h3-8H,1-2H3,(H,21,22)/t8-/m0/s1. The highest BCUT2D eigenvalue weighted by Crippen LogP contribution is 2.35. The van der Waals surface area contributed by atoms with Gasteiger partial charge in [0.25, 0.3) is 5.56 Å². The molecule has 7 heteroatoms. The molecule has 0 spiro atoms. The number of aliphatic carboxylic acids is 1. The number of aromatic nitrogens is 2. The van der Waals surface area contributed by atoms with Gasteiger partial charge in [0.05, 0.1) is 11.7 Å². The first-order valence-corrected chi connectivity index (χ1v) is 8.08. The number of rotatable bonds is 3. The molecule has 2 aromatic heterocycles. The van der Waals surface area contributed by atoms with E-state index in [0.29, 0.717) is 15.2 Å². The van der Waals surface area contributed by atoms with Crippen LogP contribution in [0.15, 0.2) is 35.4 Å². The third kappa shape index (κ3) is 2.64. The molecule has 23 heavy (non-hydrogen) atoms. The lowest BCUT2D eigenvalue weighted by atomic mass is 10.0. The van der Waals surface area contributed by atoms with Crippen molar-refractivity contribution in [2.75, 3.05) is 0 Å². The number of aryl methyl sites for hydroxylation is 1. The van der Waals surface area contributed by atoms with E-state index in [0.717, 1.165) is 20.6 Å². The number of benzene rings is 1. The first-order valence-electron chi connectivity index (χ1n) is 6.89. The maximum absolute atomic E-state index is 12.8. The molecular formula is C16H13ClN2O3S. The average molecular weight is 349 g/mol. The van der Waals surface area contributed by atoms with Crippen molar-refractivity contribution in [1.82, 2.24) is 9.55 Å². The van der Waals surface area contributed by atoms with E-state index < -0.39 is 12.0 Å². The fraction of sp³-hybridized carbons (Fsp3) is 0.188. The molecule has 0 unspecified atom stereocenters. The molecule has 1 aromatic carbocycles. The molecule has 0 saturated heterocycles. The van der Waals surface area contributed by atoms with Crippen molar-refractivity contribution in [2.24, 2.45) is 0 Å². The van der Waals surface area contributed by atoms with Crippen molar-refractivity contribution in [2.45, 2.75) is 19.9 Å². The number of hydrogen-bond acceptors (Lipinski definition) is 4. The van der Waals surface area contributed by atoms with Crippen LogP contribution in [0.5, 0.6) is 0 Å². The predicted octanol–water partition coefficient (Wildman–Crippen LogP) is 3.73. The number of fused-ring (bicyclic) bond motifs is 1. The van der Waals surface area contributed by atoms with Crippen LogP contribution >= 0.6 is 22.9 Å². The Labute approximate surface area is 140 Å². The van der Waals surface area contributed by atoms with E-state index in [1.54, 1.807) is 12.1 Å². The first-order chi connectivity index (χ1) is 10.9. The highest BCUT2D eigenvalue weighted by atomic mass is 35.5. The van der Waals surface area contributed by atoms with Gasteiger partial charge in [-0.15, -0.1) is 11.3 Å².